The minimum Gasteiger partial charge on any atom is -0.294 e. The van der Waals surface area contributed by atoms with Crippen molar-refractivity contribution in [2.24, 2.45) is 0 Å². The summed E-state index contributed by atoms with van der Waals surface area (Å²) in [4.78, 5) is 24.0. The summed E-state index contributed by atoms with van der Waals surface area (Å²) in [5, 5.41) is 7.60. The SMILES string of the molecule is [C-]#[N+]c1ccc2c(c1)c1cc(-c3nc(-c4ccc5ccccc5c4)nc(-c4ccc5ccccc5c4)n3)ccc1n2-c1ccc2ccccc2n1. The van der Waals surface area contributed by atoms with Crippen molar-refractivity contribution in [1.29, 1.82) is 0 Å². The molecule has 0 amide bonds. The lowest BCUT2D eigenvalue weighted by Crippen LogP contribution is -2.00. The van der Waals surface area contributed by atoms with Crippen LogP contribution in [0.4, 0.5) is 5.69 Å². The molecule has 6 nitrogen and oxygen atoms in total. The number of rotatable bonds is 4. The second-order valence-corrected chi connectivity index (χ2v) is 12.7. The molecule has 0 bridgehead atoms. The minimum atomic E-state index is 0.573. The first-order chi connectivity index (χ1) is 25.2. The highest BCUT2D eigenvalue weighted by atomic mass is 15.1. The second kappa shape index (κ2) is 11.4. The summed E-state index contributed by atoms with van der Waals surface area (Å²) < 4.78 is 2.17. The van der Waals surface area contributed by atoms with Crippen LogP contribution < -0.4 is 0 Å². The summed E-state index contributed by atoms with van der Waals surface area (Å²) in [6.07, 6.45) is 0. The zero-order valence-corrected chi connectivity index (χ0v) is 27.2. The topological polar surface area (TPSA) is 60.9 Å². The van der Waals surface area contributed by atoms with E-state index in [-0.39, 0.29) is 0 Å². The van der Waals surface area contributed by atoms with Gasteiger partial charge in [-0.2, -0.15) is 0 Å². The molecule has 0 N–H and O–H groups in total. The zero-order valence-electron chi connectivity index (χ0n) is 27.2. The maximum atomic E-state index is 7.76. The van der Waals surface area contributed by atoms with Gasteiger partial charge >= 0.3 is 0 Å². The van der Waals surface area contributed by atoms with Crippen LogP contribution in [0.15, 0.2) is 158 Å². The van der Waals surface area contributed by atoms with Crippen LogP contribution in [0.3, 0.4) is 0 Å². The molecule has 0 radical (unpaired) electrons. The number of nitrogens with zero attached hydrogens (tertiary/aromatic N) is 6. The summed E-state index contributed by atoms with van der Waals surface area (Å²) in [5.41, 5.74) is 6.15. The van der Waals surface area contributed by atoms with Crippen LogP contribution >= 0.6 is 0 Å². The van der Waals surface area contributed by atoms with Crippen molar-refractivity contribution in [1.82, 2.24) is 24.5 Å². The predicted octanol–water partition coefficient (Wildman–Crippen LogP) is 11.4. The molecule has 0 spiro atoms. The van der Waals surface area contributed by atoms with Crippen LogP contribution in [-0.4, -0.2) is 24.5 Å². The number of hydrogen-bond acceptors (Lipinski definition) is 4. The first-order valence-corrected chi connectivity index (χ1v) is 16.8. The van der Waals surface area contributed by atoms with E-state index >= 15 is 0 Å². The summed E-state index contributed by atoms with van der Waals surface area (Å²) in [6, 6.07) is 53.7. The first kappa shape index (κ1) is 28.8. The summed E-state index contributed by atoms with van der Waals surface area (Å²) in [6.45, 7) is 7.76. The largest absolute Gasteiger partial charge is 0.294 e. The normalized spacial score (nSPS) is 11.5. The van der Waals surface area contributed by atoms with Gasteiger partial charge in [0.1, 0.15) is 5.82 Å². The van der Waals surface area contributed by atoms with Crippen LogP contribution in [0.5, 0.6) is 0 Å². The molecule has 0 atom stereocenters. The molecule has 0 aliphatic heterocycles. The molecule has 3 heterocycles. The Bertz CT molecular complexity index is 2960. The Morgan fingerprint density at radius 3 is 1.53 bits per heavy atom. The lowest BCUT2D eigenvalue weighted by molar-refractivity contribution is 1.07. The van der Waals surface area contributed by atoms with Gasteiger partial charge in [-0.15, -0.1) is 0 Å². The van der Waals surface area contributed by atoms with Crippen molar-refractivity contribution in [3.63, 3.8) is 0 Å². The molecule has 10 aromatic rings. The number of benzene rings is 7. The fraction of sp³-hybridized carbons (Fsp3) is 0. The van der Waals surface area contributed by atoms with E-state index in [2.05, 4.69) is 106 Å². The zero-order chi connectivity index (χ0) is 33.9. The Labute approximate surface area is 292 Å². The van der Waals surface area contributed by atoms with Crippen LogP contribution in [0, 0.1) is 6.57 Å². The molecule has 6 heteroatoms. The molecule has 0 aliphatic rings. The van der Waals surface area contributed by atoms with E-state index < -0.39 is 0 Å². The Morgan fingerprint density at radius 1 is 0.412 bits per heavy atom. The Hall–Kier alpha value is -7.23. The summed E-state index contributed by atoms with van der Waals surface area (Å²) in [7, 11) is 0. The van der Waals surface area contributed by atoms with E-state index in [0.29, 0.717) is 23.2 Å². The monoisotopic (exact) mass is 650 g/mol. The smallest absolute Gasteiger partial charge is 0.188 e. The minimum absolute atomic E-state index is 0.573. The van der Waals surface area contributed by atoms with E-state index in [0.717, 1.165) is 76.8 Å². The maximum absolute atomic E-state index is 7.76. The van der Waals surface area contributed by atoms with Crippen molar-refractivity contribution < 1.29 is 0 Å². The molecule has 3 aromatic heterocycles. The van der Waals surface area contributed by atoms with Gasteiger partial charge in [0.2, 0.25) is 0 Å². The Morgan fingerprint density at radius 2 is 0.902 bits per heavy atom. The Balaban J connectivity index is 1.20. The molecule has 10 rings (SSSR count). The number of aromatic nitrogens is 5. The third-order valence-electron chi connectivity index (χ3n) is 9.60. The average Bonchev–Trinajstić information content (AvgIpc) is 3.53. The molecule has 51 heavy (non-hydrogen) atoms. The Kier molecular flexibility index (Phi) is 6.45. The van der Waals surface area contributed by atoms with Gasteiger partial charge in [0, 0.05) is 27.5 Å². The van der Waals surface area contributed by atoms with Crippen LogP contribution in [0.2, 0.25) is 0 Å². The standard InChI is InChI=1S/C45H26N6/c1-46-36-20-22-41-38(27-36)37-26-35(18-21-40(37)51(41)42-23-19-30-10-6-7-13-39(30)47-42)45-49-43(33-16-14-28-8-2-4-11-31(28)24-33)48-44(50-45)34-17-15-29-9-3-5-12-32(29)25-34/h2-27H. The van der Waals surface area contributed by atoms with E-state index in [1.165, 1.54) is 0 Å². The first-order valence-electron chi connectivity index (χ1n) is 16.8. The average molecular weight is 651 g/mol. The predicted molar refractivity (Wildman–Crippen MR) is 207 cm³/mol. The molecule has 236 valence electrons. The van der Waals surface area contributed by atoms with Crippen molar-refractivity contribution in [2.45, 2.75) is 0 Å². The van der Waals surface area contributed by atoms with Gasteiger partial charge < -0.3 is 0 Å². The number of para-hydroxylation sites is 1. The van der Waals surface area contributed by atoms with Crippen molar-refractivity contribution in [2.75, 3.05) is 0 Å². The molecule has 0 aliphatic carbocycles. The molecule has 0 saturated heterocycles. The van der Waals surface area contributed by atoms with Crippen LogP contribution in [-0.2, 0) is 0 Å². The number of fused-ring (bicyclic) bond motifs is 6. The van der Waals surface area contributed by atoms with Gasteiger partial charge in [0.05, 0.1) is 23.1 Å². The maximum Gasteiger partial charge on any atom is 0.188 e. The van der Waals surface area contributed by atoms with Gasteiger partial charge in [-0.3, -0.25) is 4.57 Å². The van der Waals surface area contributed by atoms with E-state index in [1.54, 1.807) is 0 Å². The number of pyridine rings is 1. The van der Waals surface area contributed by atoms with Gasteiger partial charge in [-0.1, -0.05) is 97.1 Å². The van der Waals surface area contributed by atoms with E-state index in [4.69, 9.17) is 26.5 Å². The highest BCUT2D eigenvalue weighted by Crippen LogP contribution is 2.37. The molecular formula is C45H26N6. The lowest BCUT2D eigenvalue weighted by atomic mass is 10.1. The van der Waals surface area contributed by atoms with Crippen molar-refractivity contribution >= 4 is 59.9 Å². The summed E-state index contributed by atoms with van der Waals surface area (Å²) >= 11 is 0. The quantitative estimate of drug-likeness (QED) is 0.178. The summed E-state index contributed by atoms with van der Waals surface area (Å²) in [5.74, 6) is 2.60. The molecule has 0 saturated carbocycles. The second-order valence-electron chi connectivity index (χ2n) is 12.7. The third-order valence-corrected chi connectivity index (χ3v) is 9.60. The molecule has 7 aromatic carbocycles. The van der Waals surface area contributed by atoms with Crippen molar-refractivity contribution in [3.05, 3.63) is 169 Å². The molecule has 0 fully saturated rings. The fourth-order valence-electron chi connectivity index (χ4n) is 7.07. The van der Waals surface area contributed by atoms with Crippen LogP contribution in [0.1, 0.15) is 0 Å². The van der Waals surface area contributed by atoms with E-state index in [9.17, 15) is 0 Å². The van der Waals surface area contributed by atoms with E-state index in [1.807, 2.05) is 60.7 Å². The highest BCUT2D eigenvalue weighted by molar-refractivity contribution is 6.11. The molecule has 0 unspecified atom stereocenters. The third kappa shape index (κ3) is 4.87. The van der Waals surface area contributed by atoms with Gasteiger partial charge in [0.15, 0.2) is 23.2 Å². The number of hydrogen-bond donors (Lipinski definition) is 0. The van der Waals surface area contributed by atoms with Crippen molar-refractivity contribution in [3.8, 4) is 40.0 Å². The lowest BCUT2D eigenvalue weighted by Gasteiger charge is -2.11. The van der Waals surface area contributed by atoms with Gasteiger partial charge in [-0.25, -0.2) is 24.8 Å². The van der Waals surface area contributed by atoms with Gasteiger partial charge in [0.25, 0.3) is 0 Å². The molecular weight excluding hydrogens is 625 g/mol. The highest BCUT2D eigenvalue weighted by Gasteiger charge is 2.18. The van der Waals surface area contributed by atoms with Gasteiger partial charge in [-0.05, 0) is 87.6 Å². The fourth-order valence-corrected chi connectivity index (χ4v) is 7.07. The van der Waals surface area contributed by atoms with Crippen LogP contribution in [0.25, 0.3) is 99.1 Å².